The predicted octanol–water partition coefficient (Wildman–Crippen LogP) is 2.34. The van der Waals surface area contributed by atoms with Crippen LogP contribution in [0.5, 0.6) is 0 Å². The molecule has 1 saturated heterocycles. The zero-order valence-electron chi connectivity index (χ0n) is 8.66. The van der Waals surface area contributed by atoms with E-state index in [1.165, 1.54) is 17.8 Å². The van der Waals surface area contributed by atoms with Crippen molar-refractivity contribution in [3.63, 3.8) is 0 Å². The molecule has 1 aliphatic rings. The number of likely N-dealkylation sites (N-methyl/N-ethyl adjacent to an activating group) is 1. The highest BCUT2D eigenvalue weighted by molar-refractivity contribution is 8.14. The maximum absolute atomic E-state index is 13.1. The number of benzene rings is 1. The summed E-state index contributed by atoms with van der Waals surface area (Å²) in [6.07, 6.45) is 0. The van der Waals surface area contributed by atoms with Crippen LogP contribution in [0.4, 0.5) is 4.39 Å². The number of hydrogen-bond acceptors (Lipinski definition) is 3. The summed E-state index contributed by atoms with van der Waals surface area (Å²) in [5, 5.41) is 0.210. The van der Waals surface area contributed by atoms with Gasteiger partial charge in [-0.2, -0.15) is 0 Å². The van der Waals surface area contributed by atoms with Crippen LogP contribution in [0.15, 0.2) is 18.2 Å². The van der Waals surface area contributed by atoms with E-state index in [0.717, 1.165) is 5.56 Å². The van der Waals surface area contributed by atoms with Gasteiger partial charge in [-0.25, -0.2) is 4.39 Å². The second kappa shape index (κ2) is 3.94. The van der Waals surface area contributed by atoms with Crippen molar-refractivity contribution >= 4 is 16.9 Å². The Hall–Kier alpha value is -0.870. The quantitative estimate of drug-likeness (QED) is 0.731. The molecule has 0 N–H and O–H groups in total. The first-order valence-electron chi connectivity index (χ1n) is 4.73. The van der Waals surface area contributed by atoms with E-state index in [-0.39, 0.29) is 16.3 Å². The molecule has 1 aromatic carbocycles. The summed E-state index contributed by atoms with van der Waals surface area (Å²) in [7, 11) is 1.90. The summed E-state index contributed by atoms with van der Waals surface area (Å²) >= 11 is 1.31. The van der Waals surface area contributed by atoms with Crippen LogP contribution in [-0.4, -0.2) is 23.6 Å². The predicted molar refractivity (Wildman–Crippen MR) is 59.1 cm³/mol. The van der Waals surface area contributed by atoms with Gasteiger partial charge in [0.05, 0.1) is 11.9 Å². The van der Waals surface area contributed by atoms with E-state index < -0.39 is 0 Å². The van der Waals surface area contributed by atoms with Gasteiger partial charge in [0, 0.05) is 0 Å². The highest BCUT2D eigenvalue weighted by Crippen LogP contribution is 2.37. The molecule has 0 aliphatic carbocycles. The molecular formula is C11H12FNOS. The Kier molecular flexibility index (Phi) is 2.80. The van der Waals surface area contributed by atoms with Gasteiger partial charge < -0.3 is 0 Å². The topological polar surface area (TPSA) is 20.3 Å². The summed E-state index contributed by atoms with van der Waals surface area (Å²) in [5.74, 6) is -0.198. The normalized spacial score (nSPS) is 22.3. The van der Waals surface area contributed by atoms with E-state index in [1.807, 2.05) is 18.0 Å². The summed E-state index contributed by atoms with van der Waals surface area (Å²) in [4.78, 5) is 13.2. The van der Waals surface area contributed by atoms with E-state index in [4.69, 9.17) is 0 Å². The first-order valence-corrected chi connectivity index (χ1v) is 5.61. The van der Waals surface area contributed by atoms with E-state index in [0.29, 0.717) is 12.1 Å². The molecule has 4 heteroatoms. The van der Waals surface area contributed by atoms with Crippen LogP contribution in [0.3, 0.4) is 0 Å². The number of carbonyl (C=O) groups is 1. The Bertz CT molecular complexity index is 408. The minimum atomic E-state index is -0.198. The van der Waals surface area contributed by atoms with E-state index in [9.17, 15) is 9.18 Å². The van der Waals surface area contributed by atoms with Crippen LogP contribution >= 0.6 is 11.8 Å². The lowest BCUT2D eigenvalue weighted by Crippen LogP contribution is -2.18. The Morgan fingerprint density at radius 3 is 2.80 bits per heavy atom. The Balaban J connectivity index is 2.30. The number of hydrogen-bond donors (Lipinski definition) is 0. The molecule has 0 aromatic heterocycles. The molecule has 0 saturated carbocycles. The SMILES string of the molecule is Cc1cc(C2SC(=O)CN2C)ccc1F. The minimum Gasteiger partial charge on any atom is -0.286 e. The van der Waals surface area contributed by atoms with Crippen LogP contribution < -0.4 is 0 Å². The summed E-state index contributed by atoms with van der Waals surface area (Å²) in [5.41, 5.74) is 1.62. The highest BCUT2D eigenvalue weighted by atomic mass is 32.2. The van der Waals surface area contributed by atoms with Gasteiger partial charge >= 0.3 is 0 Å². The third kappa shape index (κ3) is 2.06. The van der Waals surface area contributed by atoms with Crippen LogP contribution in [0.25, 0.3) is 0 Å². The number of halogens is 1. The number of carbonyl (C=O) groups excluding carboxylic acids is 1. The van der Waals surface area contributed by atoms with Crippen molar-refractivity contribution in [1.29, 1.82) is 0 Å². The van der Waals surface area contributed by atoms with Crippen molar-refractivity contribution in [2.45, 2.75) is 12.3 Å². The first kappa shape index (κ1) is 10.6. The van der Waals surface area contributed by atoms with Crippen LogP contribution in [0.2, 0.25) is 0 Å². The summed E-state index contributed by atoms with van der Waals surface area (Å²) in [6.45, 7) is 2.20. The fraction of sp³-hybridized carbons (Fsp3) is 0.364. The number of aryl methyl sites for hydroxylation is 1. The summed E-state index contributed by atoms with van der Waals surface area (Å²) < 4.78 is 13.1. The van der Waals surface area contributed by atoms with E-state index in [2.05, 4.69) is 0 Å². The van der Waals surface area contributed by atoms with Crippen LogP contribution in [0, 0.1) is 12.7 Å². The van der Waals surface area contributed by atoms with Gasteiger partial charge in [0.2, 0.25) is 5.12 Å². The fourth-order valence-corrected chi connectivity index (χ4v) is 2.75. The number of thioether (sulfide) groups is 1. The molecule has 0 radical (unpaired) electrons. The van der Waals surface area contributed by atoms with Crippen molar-refractivity contribution < 1.29 is 9.18 Å². The van der Waals surface area contributed by atoms with Crippen LogP contribution in [-0.2, 0) is 4.79 Å². The summed E-state index contributed by atoms with van der Waals surface area (Å²) in [6, 6.07) is 5.01. The zero-order valence-corrected chi connectivity index (χ0v) is 9.47. The lowest BCUT2D eigenvalue weighted by atomic mass is 10.1. The molecule has 1 heterocycles. The van der Waals surface area contributed by atoms with Gasteiger partial charge in [0.15, 0.2) is 0 Å². The van der Waals surface area contributed by atoms with E-state index in [1.54, 1.807) is 13.0 Å². The molecule has 0 bridgehead atoms. The smallest absolute Gasteiger partial charge is 0.204 e. The molecule has 0 amide bonds. The molecule has 2 rings (SSSR count). The first-order chi connectivity index (χ1) is 7.08. The van der Waals surface area contributed by atoms with Gasteiger partial charge in [-0.3, -0.25) is 9.69 Å². The van der Waals surface area contributed by atoms with Gasteiger partial charge in [-0.15, -0.1) is 0 Å². The van der Waals surface area contributed by atoms with Crippen LogP contribution in [0.1, 0.15) is 16.5 Å². The standard InChI is InChI=1S/C11H12FNOS/c1-7-5-8(3-4-9(7)12)11-13(2)6-10(14)15-11/h3-5,11H,6H2,1-2H3. The molecular weight excluding hydrogens is 213 g/mol. The van der Waals surface area contributed by atoms with Crippen molar-refractivity contribution in [1.82, 2.24) is 4.90 Å². The molecule has 2 nitrogen and oxygen atoms in total. The Labute approximate surface area is 92.5 Å². The van der Waals surface area contributed by atoms with Crippen molar-refractivity contribution in [3.8, 4) is 0 Å². The average molecular weight is 225 g/mol. The zero-order chi connectivity index (χ0) is 11.0. The lowest BCUT2D eigenvalue weighted by molar-refractivity contribution is -0.110. The van der Waals surface area contributed by atoms with Crippen molar-refractivity contribution in [2.75, 3.05) is 13.6 Å². The molecule has 0 spiro atoms. The maximum Gasteiger partial charge on any atom is 0.204 e. The van der Waals surface area contributed by atoms with Gasteiger partial charge in [0.25, 0.3) is 0 Å². The lowest BCUT2D eigenvalue weighted by Gasteiger charge is -2.17. The number of rotatable bonds is 1. The average Bonchev–Trinajstić information content (AvgIpc) is 2.50. The largest absolute Gasteiger partial charge is 0.286 e. The fourth-order valence-electron chi connectivity index (χ4n) is 1.68. The Morgan fingerprint density at radius 2 is 2.27 bits per heavy atom. The third-order valence-electron chi connectivity index (χ3n) is 2.49. The van der Waals surface area contributed by atoms with E-state index >= 15 is 0 Å². The maximum atomic E-state index is 13.1. The van der Waals surface area contributed by atoms with Crippen molar-refractivity contribution in [3.05, 3.63) is 35.1 Å². The molecule has 1 aromatic rings. The monoisotopic (exact) mass is 225 g/mol. The molecule has 80 valence electrons. The second-order valence-corrected chi connectivity index (χ2v) is 4.90. The molecule has 15 heavy (non-hydrogen) atoms. The van der Waals surface area contributed by atoms with Gasteiger partial charge in [-0.1, -0.05) is 23.9 Å². The molecule has 1 fully saturated rings. The Morgan fingerprint density at radius 1 is 1.53 bits per heavy atom. The minimum absolute atomic E-state index is 0.0387. The highest BCUT2D eigenvalue weighted by Gasteiger charge is 2.29. The molecule has 1 atom stereocenters. The molecule has 1 aliphatic heterocycles. The molecule has 1 unspecified atom stereocenters. The second-order valence-electron chi connectivity index (χ2n) is 3.77. The van der Waals surface area contributed by atoms with Crippen molar-refractivity contribution in [2.24, 2.45) is 0 Å². The van der Waals surface area contributed by atoms with Gasteiger partial charge in [-0.05, 0) is 31.2 Å². The number of nitrogens with zero attached hydrogens (tertiary/aromatic N) is 1. The van der Waals surface area contributed by atoms with Gasteiger partial charge in [0.1, 0.15) is 5.82 Å². The third-order valence-corrected chi connectivity index (χ3v) is 3.74.